The molecule has 0 amide bonds. The number of nitrogens with one attached hydrogen (secondary N) is 2. The van der Waals surface area contributed by atoms with Gasteiger partial charge < -0.3 is 10.6 Å². The molecule has 1 aromatic carbocycles. The molecule has 0 bridgehead atoms. The van der Waals surface area contributed by atoms with E-state index >= 15 is 0 Å². The van der Waals surface area contributed by atoms with Crippen LogP contribution in [0, 0.1) is 0 Å². The summed E-state index contributed by atoms with van der Waals surface area (Å²) in [5.41, 5.74) is 3.68. The van der Waals surface area contributed by atoms with E-state index in [0.29, 0.717) is 0 Å². The summed E-state index contributed by atoms with van der Waals surface area (Å²) in [7, 11) is 1.96. The van der Waals surface area contributed by atoms with E-state index in [4.69, 9.17) is 0 Å². The average molecular weight is 241 g/mol. The lowest BCUT2D eigenvalue weighted by atomic mass is 10.1. The van der Waals surface area contributed by atoms with Gasteiger partial charge in [-0.2, -0.15) is 0 Å². The first-order chi connectivity index (χ1) is 8.88. The predicted molar refractivity (Wildman–Crippen MR) is 74.0 cm³/mol. The molecule has 1 heterocycles. The molecule has 0 saturated carbocycles. The number of hydrogen-bond acceptors (Lipinski definition) is 3. The van der Waals surface area contributed by atoms with Gasteiger partial charge in [-0.3, -0.25) is 4.98 Å². The molecular weight excluding hydrogens is 222 g/mol. The second-order valence-corrected chi connectivity index (χ2v) is 4.27. The van der Waals surface area contributed by atoms with Crippen LogP contribution in [0.3, 0.4) is 0 Å². The number of pyridine rings is 1. The maximum Gasteiger partial charge on any atom is 0.0541 e. The number of benzene rings is 1. The molecule has 1 aromatic heterocycles. The second-order valence-electron chi connectivity index (χ2n) is 4.27. The van der Waals surface area contributed by atoms with Gasteiger partial charge in [0.1, 0.15) is 0 Å². The van der Waals surface area contributed by atoms with Crippen LogP contribution in [0.4, 0.5) is 0 Å². The molecule has 0 aliphatic rings. The summed E-state index contributed by atoms with van der Waals surface area (Å²) >= 11 is 0. The molecule has 3 heteroatoms. The van der Waals surface area contributed by atoms with E-state index in [1.807, 2.05) is 31.4 Å². The fraction of sp³-hybridized carbons (Fsp3) is 0.267. The molecule has 0 radical (unpaired) electrons. The molecule has 0 saturated heterocycles. The first kappa shape index (κ1) is 12.7. The van der Waals surface area contributed by atoms with Crippen LogP contribution in [0.5, 0.6) is 0 Å². The zero-order chi connectivity index (χ0) is 12.6. The molecule has 3 nitrogen and oxygen atoms in total. The summed E-state index contributed by atoms with van der Waals surface area (Å²) in [6.45, 7) is 2.59. The zero-order valence-corrected chi connectivity index (χ0v) is 10.7. The van der Waals surface area contributed by atoms with E-state index in [1.165, 1.54) is 11.1 Å². The van der Waals surface area contributed by atoms with Gasteiger partial charge in [-0.15, -0.1) is 0 Å². The molecule has 94 valence electrons. The molecule has 0 fully saturated rings. The van der Waals surface area contributed by atoms with Crippen molar-refractivity contribution >= 4 is 0 Å². The molecule has 2 N–H and O–H groups in total. The Morgan fingerprint density at radius 1 is 0.889 bits per heavy atom. The molecule has 18 heavy (non-hydrogen) atoms. The minimum absolute atomic E-state index is 0.805. The van der Waals surface area contributed by atoms with Gasteiger partial charge in [0.25, 0.3) is 0 Å². The minimum atomic E-state index is 0.805. The molecule has 0 aliphatic carbocycles. The van der Waals surface area contributed by atoms with Crippen LogP contribution in [0.1, 0.15) is 16.8 Å². The van der Waals surface area contributed by atoms with Crippen LogP contribution in [-0.2, 0) is 19.6 Å². The van der Waals surface area contributed by atoms with Crippen molar-refractivity contribution in [3.8, 4) is 0 Å². The first-order valence-electron chi connectivity index (χ1n) is 6.21. The normalized spacial score (nSPS) is 10.5. The Hall–Kier alpha value is -1.71. The summed E-state index contributed by atoms with van der Waals surface area (Å²) < 4.78 is 0. The van der Waals surface area contributed by atoms with E-state index < -0.39 is 0 Å². The average Bonchev–Trinajstić information content (AvgIpc) is 2.42. The van der Waals surface area contributed by atoms with Gasteiger partial charge in [-0.1, -0.05) is 30.3 Å². The fourth-order valence-electron chi connectivity index (χ4n) is 1.82. The zero-order valence-electron chi connectivity index (χ0n) is 10.7. The standard InChI is InChI=1S/C15H19N3/c1-16-10-13-5-7-14(8-6-13)11-17-12-15-4-2-3-9-18-15/h2-9,16-17H,10-12H2,1H3. The van der Waals surface area contributed by atoms with Gasteiger partial charge in [-0.05, 0) is 30.3 Å². The maximum atomic E-state index is 4.28. The number of rotatable bonds is 6. The van der Waals surface area contributed by atoms with Gasteiger partial charge in [0.2, 0.25) is 0 Å². The third-order valence-corrected chi connectivity index (χ3v) is 2.77. The van der Waals surface area contributed by atoms with Gasteiger partial charge in [0.05, 0.1) is 5.69 Å². The van der Waals surface area contributed by atoms with Crippen molar-refractivity contribution in [3.05, 3.63) is 65.5 Å². The van der Waals surface area contributed by atoms with Crippen molar-refractivity contribution in [2.45, 2.75) is 19.6 Å². The van der Waals surface area contributed by atoms with Gasteiger partial charge in [0.15, 0.2) is 0 Å². The Kier molecular flexibility index (Phi) is 4.88. The minimum Gasteiger partial charge on any atom is -0.316 e. The Morgan fingerprint density at radius 3 is 2.22 bits per heavy atom. The van der Waals surface area contributed by atoms with E-state index in [2.05, 4.69) is 39.9 Å². The SMILES string of the molecule is CNCc1ccc(CNCc2ccccn2)cc1. The topological polar surface area (TPSA) is 37.0 Å². The molecule has 0 aliphatic heterocycles. The lowest BCUT2D eigenvalue weighted by Gasteiger charge is -2.06. The highest BCUT2D eigenvalue weighted by atomic mass is 14.9. The second kappa shape index (κ2) is 6.89. The highest BCUT2D eigenvalue weighted by Crippen LogP contribution is 2.04. The van der Waals surface area contributed by atoms with Crippen LogP contribution in [0.15, 0.2) is 48.7 Å². The highest BCUT2D eigenvalue weighted by Gasteiger charge is 1.95. The van der Waals surface area contributed by atoms with Gasteiger partial charge in [-0.25, -0.2) is 0 Å². The summed E-state index contributed by atoms with van der Waals surface area (Å²) in [5, 5.41) is 6.54. The van der Waals surface area contributed by atoms with E-state index in [-0.39, 0.29) is 0 Å². The lowest BCUT2D eigenvalue weighted by Crippen LogP contribution is -2.13. The van der Waals surface area contributed by atoms with Crippen molar-refractivity contribution < 1.29 is 0 Å². The molecule has 2 rings (SSSR count). The lowest BCUT2D eigenvalue weighted by molar-refractivity contribution is 0.679. The summed E-state index contributed by atoms with van der Waals surface area (Å²) in [6, 6.07) is 14.6. The van der Waals surface area contributed by atoms with Crippen LogP contribution < -0.4 is 10.6 Å². The summed E-state index contributed by atoms with van der Waals surface area (Å²) in [4.78, 5) is 4.28. The van der Waals surface area contributed by atoms with E-state index in [0.717, 1.165) is 25.3 Å². The van der Waals surface area contributed by atoms with Crippen molar-refractivity contribution in [1.29, 1.82) is 0 Å². The first-order valence-corrected chi connectivity index (χ1v) is 6.21. The molecular formula is C15H19N3. The quantitative estimate of drug-likeness (QED) is 0.813. The van der Waals surface area contributed by atoms with Crippen LogP contribution in [-0.4, -0.2) is 12.0 Å². The molecule has 0 atom stereocenters. The van der Waals surface area contributed by atoms with Crippen LogP contribution in [0.2, 0.25) is 0 Å². The Labute approximate surface area is 108 Å². The van der Waals surface area contributed by atoms with Crippen molar-refractivity contribution in [1.82, 2.24) is 15.6 Å². The highest BCUT2D eigenvalue weighted by molar-refractivity contribution is 5.22. The number of aromatic nitrogens is 1. The third-order valence-electron chi connectivity index (χ3n) is 2.77. The fourth-order valence-corrected chi connectivity index (χ4v) is 1.82. The Bertz CT molecular complexity index is 451. The predicted octanol–water partition coefficient (Wildman–Crippen LogP) is 2.09. The number of nitrogens with zero attached hydrogens (tertiary/aromatic N) is 1. The van der Waals surface area contributed by atoms with E-state index in [1.54, 1.807) is 0 Å². The monoisotopic (exact) mass is 241 g/mol. The summed E-state index contributed by atoms with van der Waals surface area (Å²) in [5.74, 6) is 0. The Morgan fingerprint density at radius 2 is 1.61 bits per heavy atom. The van der Waals surface area contributed by atoms with E-state index in [9.17, 15) is 0 Å². The largest absolute Gasteiger partial charge is 0.316 e. The number of hydrogen-bond donors (Lipinski definition) is 2. The van der Waals surface area contributed by atoms with Crippen LogP contribution in [0.25, 0.3) is 0 Å². The van der Waals surface area contributed by atoms with Crippen molar-refractivity contribution in [2.75, 3.05) is 7.05 Å². The molecule has 0 spiro atoms. The maximum absolute atomic E-state index is 4.28. The third kappa shape index (κ3) is 3.95. The van der Waals surface area contributed by atoms with Crippen molar-refractivity contribution in [3.63, 3.8) is 0 Å². The van der Waals surface area contributed by atoms with Gasteiger partial charge in [0, 0.05) is 25.8 Å². The molecule has 0 unspecified atom stereocenters. The van der Waals surface area contributed by atoms with Gasteiger partial charge >= 0.3 is 0 Å². The smallest absolute Gasteiger partial charge is 0.0541 e. The molecule has 2 aromatic rings. The van der Waals surface area contributed by atoms with Crippen LogP contribution >= 0.6 is 0 Å². The van der Waals surface area contributed by atoms with Crippen molar-refractivity contribution in [2.24, 2.45) is 0 Å². The Balaban J connectivity index is 1.80. The summed E-state index contributed by atoms with van der Waals surface area (Å²) in [6.07, 6.45) is 1.82.